The van der Waals surface area contributed by atoms with Gasteiger partial charge in [0.25, 0.3) is 0 Å². The molecular formula is C12H16N4O2. The molecule has 6 heteroatoms. The van der Waals surface area contributed by atoms with E-state index in [1.165, 1.54) is 25.6 Å². The maximum Gasteiger partial charge on any atom is 0.310 e. The predicted molar refractivity (Wildman–Crippen MR) is 67.5 cm³/mol. The third kappa shape index (κ3) is 1.92. The summed E-state index contributed by atoms with van der Waals surface area (Å²) in [6, 6.07) is 2.56. The Morgan fingerprint density at radius 2 is 2.33 bits per heavy atom. The Hall–Kier alpha value is -1.69. The Labute approximate surface area is 105 Å². The largest absolute Gasteiger partial charge is 0.375 e. The Morgan fingerprint density at radius 1 is 1.44 bits per heavy atom. The van der Waals surface area contributed by atoms with Crippen LogP contribution in [0.2, 0.25) is 0 Å². The second-order valence-electron chi connectivity index (χ2n) is 4.93. The highest BCUT2D eigenvalue weighted by atomic mass is 16.6. The number of nitrogens with one attached hydrogen (secondary N) is 1. The lowest BCUT2D eigenvalue weighted by atomic mass is 10.1. The summed E-state index contributed by atoms with van der Waals surface area (Å²) in [5, 5.41) is 14.3. The van der Waals surface area contributed by atoms with Gasteiger partial charge in [0, 0.05) is 24.8 Å². The van der Waals surface area contributed by atoms with Crippen LogP contribution in [-0.2, 0) is 0 Å². The van der Waals surface area contributed by atoms with E-state index in [0.717, 1.165) is 13.0 Å². The van der Waals surface area contributed by atoms with Gasteiger partial charge in [-0.15, -0.1) is 0 Å². The first-order valence-electron chi connectivity index (χ1n) is 6.34. The van der Waals surface area contributed by atoms with Crippen molar-refractivity contribution < 1.29 is 4.92 Å². The van der Waals surface area contributed by atoms with Gasteiger partial charge in [-0.25, -0.2) is 0 Å². The number of nitrogens with zero attached hydrogens (tertiary/aromatic N) is 3. The number of anilines is 1. The number of nitro groups is 1. The lowest BCUT2D eigenvalue weighted by molar-refractivity contribution is -0.384. The molecule has 0 spiro atoms. The van der Waals surface area contributed by atoms with E-state index in [1.807, 2.05) is 0 Å². The Morgan fingerprint density at radius 3 is 3.17 bits per heavy atom. The van der Waals surface area contributed by atoms with Crippen molar-refractivity contribution in [2.75, 3.05) is 18.4 Å². The van der Waals surface area contributed by atoms with E-state index < -0.39 is 0 Å². The molecule has 2 aliphatic rings. The smallest absolute Gasteiger partial charge is 0.310 e. The first-order chi connectivity index (χ1) is 8.75. The number of fused-ring (bicyclic) bond motifs is 1. The van der Waals surface area contributed by atoms with Crippen molar-refractivity contribution in [2.45, 2.75) is 31.3 Å². The topological polar surface area (TPSA) is 71.3 Å². The van der Waals surface area contributed by atoms with Crippen LogP contribution in [0.15, 0.2) is 18.5 Å². The average Bonchev–Trinajstić information content (AvgIpc) is 2.94. The van der Waals surface area contributed by atoms with Crippen molar-refractivity contribution in [3.63, 3.8) is 0 Å². The van der Waals surface area contributed by atoms with Gasteiger partial charge in [0.1, 0.15) is 11.9 Å². The molecule has 2 saturated heterocycles. The number of aromatic nitrogens is 1. The van der Waals surface area contributed by atoms with Gasteiger partial charge >= 0.3 is 5.69 Å². The third-order valence-electron chi connectivity index (χ3n) is 3.94. The van der Waals surface area contributed by atoms with E-state index in [-0.39, 0.29) is 10.6 Å². The molecule has 2 unspecified atom stereocenters. The standard InChI is InChI=1S/C12H16N4O2/c17-16(18)12-8-13-5-3-9(12)14-10-4-7-15-6-1-2-11(10)15/h3,5,8,10-11H,1-2,4,6-7H2,(H,13,14). The number of hydrogen-bond donors (Lipinski definition) is 1. The fourth-order valence-corrected chi connectivity index (χ4v) is 3.10. The molecule has 0 amide bonds. The minimum absolute atomic E-state index is 0.0638. The molecule has 1 aromatic heterocycles. The molecule has 1 N–H and O–H groups in total. The maximum atomic E-state index is 10.9. The highest BCUT2D eigenvalue weighted by Gasteiger charge is 2.37. The van der Waals surface area contributed by atoms with Gasteiger partial charge in [-0.1, -0.05) is 0 Å². The van der Waals surface area contributed by atoms with E-state index in [4.69, 9.17) is 0 Å². The van der Waals surface area contributed by atoms with Gasteiger partial charge in [0.05, 0.1) is 4.92 Å². The van der Waals surface area contributed by atoms with Gasteiger partial charge in [0.15, 0.2) is 0 Å². The van der Waals surface area contributed by atoms with Crippen LogP contribution >= 0.6 is 0 Å². The normalized spacial score (nSPS) is 27.1. The zero-order valence-electron chi connectivity index (χ0n) is 10.1. The highest BCUT2D eigenvalue weighted by Crippen LogP contribution is 2.32. The fraction of sp³-hybridized carbons (Fsp3) is 0.583. The Balaban J connectivity index is 1.78. The summed E-state index contributed by atoms with van der Waals surface area (Å²) in [5.74, 6) is 0. The van der Waals surface area contributed by atoms with Crippen LogP contribution in [-0.4, -0.2) is 40.0 Å². The van der Waals surface area contributed by atoms with Gasteiger partial charge in [-0.05, 0) is 31.9 Å². The minimum Gasteiger partial charge on any atom is -0.375 e. The van der Waals surface area contributed by atoms with Crippen LogP contribution in [0.5, 0.6) is 0 Å². The molecule has 0 radical (unpaired) electrons. The Bertz CT molecular complexity index is 465. The van der Waals surface area contributed by atoms with Gasteiger partial charge < -0.3 is 5.32 Å². The molecule has 6 nitrogen and oxygen atoms in total. The minimum atomic E-state index is -0.378. The predicted octanol–water partition coefficient (Wildman–Crippen LogP) is 1.64. The second kappa shape index (κ2) is 4.53. The second-order valence-corrected chi connectivity index (χ2v) is 4.93. The van der Waals surface area contributed by atoms with E-state index in [2.05, 4.69) is 15.2 Å². The fourth-order valence-electron chi connectivity index (χ4n) is 3.10. The van der Waals surface area contributed by atoms with Crippen molar-refractivity contribution in [1.82, 2.24) is 9.88 Å². The molecule has 1 aromatic rings. The molecule has 0 bridgehead atoms. The van der Waals surface area contributed by atoms with E-state index >= 15 is 0 Å². The van der Waals surface area contributed by atoms with Crippen LogP contribution in [0.1, 0.15) is 19.3 Å². The summed E-state index contributed by atoms with van der Waals surface area (Å²) >= 11 is 0. The molecule has 3 rings (SSSR count). The SMILES string of the molecule is O=[N+]([O-])c1cnccc1NC1CCN2CCCC12. The number of hydrogen-bond acceptors (Lipinski definition) is 5. The molecule has 3 heterocycles. The first kappa shape index (κ1) is 11.4. The van der Waals surface area contributed by atoms with E-state index in [1.54, 1.807) is 12.3 Å². The summed E-state index contributed by atoms with van der Waals surface area (Å²) in [5.41, 5.74) is 0.655. The molecule has 18 heavy (non-hydrogen) atoms. The van der Waals surface area contributed by atoms with Crippen molar-refractivity contribution in [3.8, 4) is 0 Å². The van der Waals surface area contributed by atoms with Crippen LogP contribution < -0.4 is 5.32 Å². The highest BCUT2D eigenvalue weighted by molar-refractivity contribution is 5.60. The number of rotatable bonds is 3. The van der Waals surface area contributed by atoms with Crippen molar-refractivity contribution in [1.29, 1.82) is 0 Å². The zero-order valence-corrected chi connectivity index (χ0v) is 10.1. The maximum absolute atomic E-state index is 10.9. The monoisotopic (exact) mass is 248 g/mol. The third-order valence-corrected chi connectivity index (χ3v) is 3.94. The van der Waals surface area contributed by atoms with Crippen molar-refractivity contribution in [2.24, 2.45) is 0 Å². The van der Waals surface area contributed by atoms with Gasteiger partial charge in [-0.2, -0.15) is 0 Å². The molecule has 2 aliphatic heterocycles. The molecular weight excluding hydrogens is 232 g/mol. The van der Waals surface area contributed by atoms with Crippen LogP contribution in [0.3, 0.4) is 0 Å². The quantitative estimate of drug-likeness (QED) is 0.650. The molecule has 0 saturated carbocycles. The lowest BCUT2D eigenvalue weighted by Crippen LogP contribution is -2.33. The van der Waals surface area contributed by atoms with Crippen molar-refractivity contribution >= 4 is 11.4 Å². The van der Waals surface area contributed by atoms with E-state index in [9.17, 15) is 10.1 Å². The molecule has 0 aromatic carbocycles. The molecule has 2 atom stereocenters. The summed E-state index contributed by atoms with van der Waals surface area (Å²) < 4.78 is 0. The molecule has 96 valence electrons. The first-order valence-corrected chi connectivity index (χ1v) is 6.34. The van der Waals surface area contributed by atoms with E-state index in [0.29, 0.717) is 17.8 Å². The van der Waals surface area contributed by atoms with Gasteiger partial charge in [-0.3, -0.25) is 20.0 Å². The van der Waals surface area contributed by atoms with Crippen LogP contribution in [0, 0.1) is 10.1 Å². The summed E-state index contributed by atoms with van der Waals surface area (Å²) in [6.07, 6.45) is 6.39. The zero-order chi connectivity index (χ0) is 12.5. The summed E-state index contributed by atoms with van der Waals surface area (Å²) in [7, 11) is 0. The summed E-state index contributed by atoms with van der Waals surface area (Å²) in [6.45, 7) is 2.27. The van der Waals surface area contributed by atoms with Gasteiger partial charge in [0.2, 0.25) is 0 Å². The molecule has 0 aliphatic carbocycles. The van der Waals surface area contributed by atoms with Crippen molar-refractivity contribution in [3.05, 3.63) is 28.6 Å². The Kier molecular flexibility index (Phi) is 2.87. The summed E-state index contributed by atoms with van der Waals surface area (Å²) in [4.78, 5) is 16.9. The lowest BCUT2D eigenvalue weighted by Gasteiger charge is -2.21. The molecule has 2 fully saturated rings. The van der Waals surface area contributed by atoms with Crippen LogP contribution in [0.25, 0.3) is 0 Å². The number of pyridine rings is 1. The average molecular weight is 248 g/mol. The van der Waals surface area contributed by atoms with Crippen LogP contribution in [0.4, 0.5) is 11.4 Å².